The highest BCUT2D eigenvalue weighted by molar-refractivity contribution is 6.10. The number of allylic oxidation sites excluding steroid dienone is 8. The summed E-state index contributed by atoms with van der Waals surface area (Å²) in [6, 6.07) is 17.3. The molecule has 254 valence electrons. The third kappa shape index (κ3) is 6.42. The fourth-order valence-electron chi connectivity index (χ4n) is 8.14. The van der Waals surface area contributed by atoms with Crippen LogP contribution in [0.25, 0.3) is 0 Å². The molecule has 3 heterocycles. The van der Waals surface area contributed by atoms with E-state index in [9.17, 15) is 4.79 Å². The van der Waals surface area contributed by atoms with Crippen LogP contribution in [0.3, 0.4) is 0 Å². The van der Waals surface area contributed by atoms with Crippen molar-refractivity contribution in [2.75, 3.05) is 76.9 Å². The smallest absolute Gasteiger partial charge is 0.240 e. The Morgan fingerprint density at radius 2 is 1.40 bits per heavy atom. The third-order valence-corrected chi connectivity index (χ3v) is 10.9. The summed E-state index contributed by atoms with van der Waals surface area (Å²) >= 11 is 0. The highest BCUT2D eigenvalue weighted by Crippen LogP contribution is 2.48. The summed E-state index contributed by atoms with van der Waals surface area (Å²) in [5.41, 5.74) is 11.4. The molecule has 7 nitrogen and oxygen atoms in total. The van der Waals surface area contributed by atoms with Gasteiger partial charge in [0.05, 0.1) is 19.7 Å². The van der Waals surface area contributed by atoms with Crippen LogP contribution in [-0.4, -0.2) is 88.2 Å². The molecular formula is C41H54N5O2+. The van der Waals surface area contributed by atoms with Crippen LogP contribution < -0.4 is 15.1 Å². The first-order valence-corrected chi connectivity index (χ1v) is 17.6. The van der Waals surface area contributed by atoms with E-state index in [1.54, 1.807) is 7.11 Å². The highest BCUT2D eigenvalue weighted by atomic mass is 16.5. The number of ether oxygens (including phenoxy) is 1. The number of nitrogens with one attached hydrogen (secondary N) is 1. The molecule has 1 amide bonds. The molecule has 0 unspecified atom stereocenters. The maximum Gasteiger partial charge on any atom is 0.240 e. The monoisotopic (exact) mass is 648 g/mol. The van der Waals surface area contributed by atoms with Crippen molar-refractivity contribution in [3.63, 3.8) is 0 Å². The van der Waals surface area contributed by atoms with Crippen molar-refractivity contribution in [1.82, 2.24) is 10.2 Å². The van der Waals surface area contributed by atoms with Crippen LogP contribution in [0.2, 0.25) is 0 Å². The predicted molar refractivity (Wildman–Crippen MR) is 198 cm³/mol. The molecule has 6 rings (SSSR count). The Morgan fingerprint density at radius 3 is 2.02 bits per heavy atom. The van der Waals surface area contributed by atoms with E-state index in [2.05, 4.69) is 139 Å². The number of piperazine rings is 1. The van der Waals surface area contributed by atoms with Crippen molar-refractivity contribution in [3.8, 4) is 0 Å². The van der Waals surface area contributed by atoms with E-state index in [-0.39, 0.29) is 23.3 Å². The molecule has 2 fully saturated rings. The first kappa shape index (κ1) is 33.9. The molecule has 0 radical (unpaired) electrons. The summed E-state index contributed by atoms with van der Waals surface area (Å²) in [6.45, 7) is 14.7. The lowest BCUT2D eigenvalue weighted by Crippen LogP contribution is -2.43. The van der Waals surface area contributed by atoms with E-state index < -0.39 is 0 Å². The van der Waals surface area contributed by atoms with Crippen LogP contribution in [0.5, 0.6) is 0 Å². The van der Waals surface area contributed by atoms with E-state index in [1.165, 1.54) is 39.4 Å². The van der Waals surface area contributed by atoms with Gasteiger partial charge >= 0.3 is 0 Å². The number of rotatable bonds is 7. The fraction of sp³-hybridized carbons (Fsp3) is 0.463. The number of nitrogens with zero attached hydrogens (tertiary/aromatic N) is 4. The Labute approximate surface area is 287 Å². The second-order valence-electron chi connectivity index (χ2n) is 14.8. The quantitative estimate of drug-likeness (QED) is 0.287. The van der Waals surface area contributed by atoms with Crippen molar-refractivity contribution in [2.45, 2.75) is 57.8 Å². The van der Waals surface area contributed by atoms with Gasteiger partial charge in [0.25, 0.3) is 0 Å². The summed E-state index contributed by atoms with van der Waals surface area (Å²) in [4.78, 5) is 20.1. The molecule has 2 aromatic carbocycles. The Hall–Kier alpha value is -3.94. The van der Waals surface area contributed by atoms with Gasteiger partial charge in [-0.05, 0) is 61.7 Å². The Balaban J connectivity index is 1.39. The minimum Gasteiger partial charge on any atom is -0.383 e. The van der Waals surface area contributed by atoms with Crippen LogP contribution in [0.15, 0.2) is 95.4 Å². The zero-order valence-electron chi connectivity index (χ0n) is 30.1. The topological polar surface area (TPSA) is 51.1 Å². The van der Waals surface area contributed by atoms with Gasteiger partial charge in [-0.1, -0.05) is 76.2 Å². The summed E-state index contributed by atoms with van der Waals surface area (Å²) in [6.07, 6.45) is 12.7. The Morgan fingerprint density at radius 1 is 0.833 bits per heavy atom. The standard InChI is InChI=1S/C41H53N5O2/c1-40(2)32-15-8-10-17-34(32)44(6)36(40)21-19-30-13-12-14-31(39(30)45-26-24-43(5)25-27-45)20-22-37-41(3,4)33-16-9-11-18-35(33)46(37)29-38(47)42-23-28-48-7/h8-11,15-22H,12-14,23-29H2,1-7H3/p+1. The van der Waals surface area contributed by atoms with Crippen molar-refractivity contribution in [1.29, 1.82) is 0 Å². The number of para-hydroxylation sites is 2. The number of carbonyl (C=O) groups is 1. The Kier molecular flexibility index (Phi) is 9.82. The number of benzene rings is 2. The fourth-order valence-corrected chi connectivity index (χ4v) is 8.14. The number of fused-ring (bicyclic) bond motifs is 2. The van der Waals surface area contributed by atoms with Crippen LogP contribution in [0.4, 0.5) is 11.4 Å². The van der Waals surface area contributed by atoms with Crippen LogP contribution in [0, 0.1) is 0 Å². The maximum atomic E-state index is 13.1. The summed E-state index contributed by atoms with van der Waals surface area (Å²) in [5.74, 6) is 0.000623. The SMILES string of the molecule is COCCNC(=O)CN1/C(=C/C=C2\CCC/C(=C\C=C3\N(C)c4ccccc4C3(C)C)C2=[N+]2CCN(C)CC2)C(C)(C)c2ccccc21. The first-order valence-electron chi connectivity index (χ1n) is 17.6. The van der Waals surface area contributed by atoms with Crippen LogP contribution in [-0.2, 0) is 20.4 Å². The first-order chi connectivity index (χ1) is 23.0. The van der Waals surface area contributed by atoms with Gasteiger partial charge in [0.15, 0.2) is 13.1 Å². The molecule has 0 aromatic heterocycles. The minimum absolute atomic E-state index is 0.000623. The summed E-state index contributed by atoms with van der Waals surface area (Å²) in [5, 5.41) is 3.03. The zero-order valence-corrected chi connectivity index (χ0v) is 30.1. The van der Waals surface area contributed by atoms with Gasteiger partial charge in [-0.15, -0.1) is 0 Å². The molecule has 48 heavy (non-hydrogen) atoms. The van der Waals surface area contributed by atoms with Gasteiger partial charge in [0.1, 0.15) is 6.54 Å². The van der Waals surface area contributed by atoms with Crippen molar-refractivity contribution in [2.24, 2.45) is 0 Å². The largest absolute Gasteiger partial charge is 0.383 e. The average Bonchev–Trinajstić information content (AvgIpc) is 3.41. The van der Waals surface area contributed by atoms with Gasteiger partial charge in [-0.3, -0.25) is 9.69 Å². The van der Waals surface area contributed by atoms with Crippen molar-refractivity contribution in [3.05, 3.63) is 107 Å². The number of carbonyl (C=O) groups excluding carboxylic acids is 1. The number of hydrogen-bond donors (Lipinski definition) is 1. The second-order valence-corrected chi connectivity index (χ2v) is 14.8. The molecule has 4 aliphatic rings. The van der Waals surface area contributed by atoms with E-state index in [0.717, 1.165) is 56.8 Å². The zero-order chi connectivity index (χ0) is 34.1. The molecule has 1 N–H and O–H groups in total. The molecule has 1 saturated heterocycles. The lowest BCUT2D eigenvalue weighted by Gasteiger charge is -2.28. The highest BCUT2D eigenvalue weighted by Gasteiger charge is 2.41. The molecule has 3 aliphatic heterocycles. The van der Waals surface area contributed by atoms with Gasteiger partial charge < -0.3 is 19.9 Å². The molecule has 0 bridgehead atoms. The molecule has 2 aromatic rings. The Bertz CT molecular complexity index is 1700. The number of amides is 1. The molecule has 1 saturated carbocycles. The van der Waals surface area contributed by atoms with Gasteiger partial charge in [0, 0.05) is 65.4 Å². The van der Waals surface area contributed by atoms with E-state index in [1.807, 2.05) is 0 Å². The lowest BCUT2D eigenvalue weighted by molar-refractivity contribution is -0.538. The van der Waals surface area contributed by atoms with Crippen molar-refractivity contribution >= 4 is 23.0 Å². The van der Waals surface area contributed by atoms with E-state index in [4.69, 9.17) is 4.74 Å². The molecule has 0 atom stereocenters. The van der Waals surface area contributed by atoms with Crippen LogP contribution in [0.1, 0.15) is 58.1 Å². The van der Waals surface area contributed by atoms with Gasteiger partial charge in [0.2, 0.25) is 11.6 Å². The van der Waals surface area contributed by atoms with E-state index >= 15 is 0 Å². The van der Waals surface area contributed by atoms with Gasteiger partial charge in [-0.2, -0.15) is 0 Å². The number of methoxy groups -OCH3 is 1. The summed E-state index contributed by atoms with van der Waals surface area (Å²) < 4.78 is 7.79. The van der Waals surface area contributed by atoms with E-state index in [0.29, 0.717) is 13.2 Å². The van der Waals surface area contributed by atoms with Crippen molar-refractivity contribution < 1.29 is 14.1 Å². The second kappa shape index (κ2) is 13.9. The summed E-state index contributed by atoms with van der Waals surface area (Å²) in [7, 11) is 6.08. The average molecular weight is 649 g/mol. The molecular weight excluding hydrogens is 594 g/mol. The number of hydrogen-bond acceptors (Lipinski definition) is 5. The third-order valence-electron chi connectivity index (χ3n) is 10.9. The number of likely N-dealkylation sites (N-methyl/N-ethyl adjacent to an activating group) is 2. The van der Waals surface area contributed by atoms with Crippen LogP contribution >= 0.6 is 0 Å². The normalized spacial score (nSPS) is 23.8. The molecule has 7 heteroatoms. The molecule has 1 aliphatic carbocycles. The minimum atomic E-state index is -0.236. The van der Waals surface area contributed by atoms with Gasteiger partial charge in [-0.25, -0.2) is 4.58 Å². The maximum absolute atomic E-state index is 13.1. The predicted octanol–water partition coefficient (Wildman–Crippen LogP) is 6.18. The number of anilines is 2. The lowest BCUT2D eigenvalue weighted by atomic mass is 9.82. The molecule has 0 spiro atoms.